The van der Waals surface area contributed by atoms with Gasteiger partial charge in [-0.25, -0.2) is 18.4 Å². The van der Waals surface area contributed by atoms with Crippen LogP contribution in [0.25, 0.3) is 0 Å². The highest BCUT2D eigenvalue weighted by molar-refractivity contribution is 5.19. The SMILES string of the molecule is Cc1nc(C)n(CC2CCCN2Cc2cccc(F)c2F)n1. The van der Waals surface area contributed by atoms with Gasteiger partial charge in [0, 0.05) is 18.2 Å². The van der Waals surface area contributed by atoms with E-state index >= 15 is 0 Å². The zero-order valence-electron chi connectivity index (χ0n) is 12.9. The van der Waals surface area contributed by atoms with Gasteiger partial charge in [-0.1, -0.05) is 12.1 Å². The van der Waals surface area contributed by atoms with E-state index in [-0.39, 0.29) is 6.04 Å². The van der Waals surface area contributed by atoms with E-state index < -0.39 is 11.6 Å². The molecule has 1 atom stereocenters. The van der Waals surface area contributed by atoms with Gasteiger partial charge in [0.15, 0.2) is 11.6 Å². The molecule has 22 heavy (non-hydrogen) atoms. The van der Waals surface area contributed by atoms with Crippen LogP contribution in [0.1, 0.15) is 30.1 Å². The van der Waals surface area contributed by atoms with E-state index in [9.17, 15) is 8.78 Å². The summed E-state index contributed by atoms with van der Waals surface area (Å²) in [5.41, 5.74) is 0.415. The lowest BCUT2D eigenvalue weighted by molar-refractivity contribution is 0.214. The first-order valence-corrected chi connectivity index (χ1v) is 7.59. The lowest BCUT2D eigenvalue weighted by atomic mass is 10.1. The Balaban J connectivity index is 1.73. The van der Waals surface area contributed by atoms with Crippen LogP contribution < -0.4 is 0 Å². The fourth-order valence-corrected chi connectivity index (χ4v) is 3.13. The Kier molecular flexibility index (Phi) is 4.20. The molecule has 1 saturated heterocycles. The third-order valence-corrected chi connectivity index (χ3v) is 4.25. The van der Waals surface area contributed by atoms with Crippen LogP contribution in [0.15, 0.2) is 18.2 Å². The minimum atomic E-state index is -0.781. The number of nitrogens with zero attached hydrogens (tertiary/aromatic N) is 4. The number of hydrogen-bond donors (Lipinski definition) is 0. The molecule has 0 radical (unpaired) electrons. The van der Waals surface area contributed by atoms with E-state index in [0.29, 0.717) is 12.1 Å². The normalized spacial score (nSPS) is 19.0. The molecule has 1 unspecified atom stereocenters. The van der Waals surface area contributed by atoms with Gasteiger partial charge in [0.1, 0.15) is 11.6 Å². The smallest absolute Gasteiger partial charge is 0.163 e. The Morgan fingerprint density at radius 2 is 2.09 bits per heavy atom. The number of rotatable bonds is 4. The summed E-state index contributed by atoms with van der Waals surface area (Å²) in [6.07, 6.45) is 2.10. The zero-order chi connectivity index (χ0) is 15.7. The fraction of sp³-hybridized carbons (Fsp3) is 0.500. The topological polar surface area (TPSA) is 34.0 Å². The molecule has 1 fully saturated rings. The summed E-state index contributed by atoms with van der Waals surface area (Å²) >= 11 is 0. The predicted octanol–water partition coefficient (Wildman–Crippen LogP) is 2.84. The van der Waals surface area contributed by atoms with Crippen LogP contribution >= 0.6 is 0 Å². The Hall–Kier alpha value is -1.82. The number of halogens is 2. The van der Waals surface area contributed by atoms with Crippen molar-refractivity contribution in [1.82, 2.24) is 19.7 Å². The molecule has 0 aliphatic carbocycles. The number of aromatic nitrogens is 3. The van der Waals surface area contributed by atoms with E-state index in [1.165, 1.54) is 0 Å². The second-order valence-corrected chi connectivity index (χ2v) is 5.87. The lowest BCUT2D eigenvalue weighted by Gasteiger charge is -2.25. The third kappa shape index (κ3) is 3.02. The van der Waals surface area contributed by atoms with Crippen molar-refractivity contribution in [2.75, 3.05) is 6.54 Å². The molecule has 2 heterocycles. The minimum absolute atomic E-state index is 0.280. The standard InChI is InChI=1S/C16H20F2N4/c1-11-19-12(2)22(20-11)10-14-6-4-8-21(14)9-13-5-3-7-15(17)16(13)18/h3,5,7,14H,4,6,8-10H2,1-2H3. The van der Waals surface area contributed by atoms with Crippen molar-refractivity contribution in [2.24, 2.45) is 0 Å². The lowest BCUT2D eigenvalue weighted by Crippen LogP contribution is -2.33. The van der Waals surface area contributed by atoms with Crippen LogP contribution in [-0.2, 0) is 13.1 Å². The van der Waals surface area contributed by atoms with Gasteiger partial charge in [-0.2, -0.15) is 5.10 Å². The van der Waals surface area contributed by atoms with Crippen molar-refractivity contribution in [3.05, 3.63) is 47.0 Å². The molecule has 1 aliphatic heterocycles. The minimum Gasteiger partial charge on any atom is -0.294 e. The van der Waals surface area contributed by atoms with Gasteiger partial charge < -0.3 is 0 Å². The Bertz CT molecular complexity index is 668. The van der Waals surface area contributed by atoms with Crippen molar-refractivity contribution >= 4 is 0 Å². The maximum Gasteiger partial charge on any atom is 0.163 e. The summed E-state index contributed by atoms with van der Waals surface area (Å²) in [6.45, 7) is 5.88. The highest BCUT2D eigenvalue weighted by atomic mass is 19.2. The van der Waals surface area contributed by atoms with E-state index in [4.69, 9.17) is 0 Å². The highest BCUT2D eigenvalue weighted by Crippen LogP contribution is 2.23. The molecular formula is C16H20F2N4. The quantitative estimate of drug-likeness (QED) is 0.871. The van der Waals surface area contributed by atoms with Crippen LogP contribution in [0.5, 0.6) is 0 Å². The van der Waals surface area contributed by atoms with Gasteiger partial charge in [0.2, 0.25) is 0 Å². The summed E-state index contributed by atoms with van der Waals surface area (Å²) < 4.78 is 29.1. The molecular weight excluding hydrogens is 286 g/mol. The first kappa shape index (κ1) is 15.1. The number of benzene rings is 1. The maximum absolute atomic E-state index is 13.8. The molecule has 118 valence electrons. The fourth-order valence-electron chi connectivity index (χ4n) is 3.13. The largest absolute Gasteiger partial charge is 0.294 e. The van der Waals surface area contributed by atoms with E-state index in [1.807, 2.05) is 18.5 Å². The van der Waals surface area contributed by atoms with Crippen molar-refractivity contribution in [1.29, 1.82) is 0 Å². The molecule has 1 aromatic carbocycles. The summed E-state index contributed by atoms with van der Waals surface area (Å²) in [5, 5.41) is 4.39. The van der Waals surface area contributed by atoms with Crippen LogP contribution in [0.3, 0.4) is 0 Å². The van der Waals surface area contributed by atoms with E-state index in [2.05, 4.69) is 15.0 Å². The molecule has 1 aliphatic rings. The molecule has 3 rings (SSSR count). The first-order valence-electron chi connectivity index (χ1n) is 7.59. The number of hydrogen-bond acceptors (Lipinski definition) is 3. The van der Waals surface area contributed by atoms with E-state index in [0.717, 1.165) is 43.6 Å². The molecule has 0 spiro atoms. The average Bonchev–Trinajstić information content (AvgIpc) is 3.03. The Morgan fingerprint density at radius 3 is 2.82 bits per heavy atom. The van der Waals surface area contributed by atoms with Crippen molar-refractivity contribution in [3.63, 3.8) is 0 Å². The first-order chi connectivity index (χ1) is 10.5. The second kappa shape index (κ2) is 6.12. The molecule has 1 aromatic heterocycles. The summed E-state index contributed by atoms with van der Waals surface area (Å²) in [6, 6.07) is 4.65. The Labute approximate surface area is 128 Å². The number of likely N-dealkylation sites (tertiary alicyclic amines) is 1. The molecule has 0 amide bonds. The van der Waals surface area contributed by atoms with Crippen LogP contribution in [0, 0.1) is 25.5 Å². The zero-order valence-corrected chi connectivity index (χ0v) is 12.9. The summed E-state index contributed by atoms with van der Waals surface area (Å²) in [4.78, 5) is 6.51. The van der Waals surface area contributed by atoms with Crippen molar-refractivity contribution in [3.8, 4) is 0 Å². The highest BCUT2D eigenvalue weighted by Gasteiger charge is 2.26. The van der Waals surface area contributed by atoms with Crippen LogP contribution in [0.4, 0.5) is 8.78 Å². The van der Waals surface area contributed by atoms with Crippen molar-refractivity contribution in [2.45, 2.75) is 45.8 Å². The van der Waals surface area contributed by atoms with Gasteiger partial charge in [0.05, 0.1) is 6.54 Å². The van der Waals surface area contributed by atoms with Crippen LogP contribution in [0.2, 0.25) is 0 Å². The molecule has 0 saturated carbocycles. The molecule has 0 bridgehead atoms. The summed E-state index contributed by atoms with van der Waals surface area (Å²) in [5.74, 6) is 0.136. The Morgan fingerprint density at radius 1 is 1.27 bits per heavy atom. The van der Waals surface area contributed by atoms with E-state index in [1.54, 1.807) is 12.1 Å². The average molecular weight is 306 g/mol. The molecule has 0 N–H and O–H groups in total. The number of aryl methyl sites for hydroxylation is 2. The molecule has 4 nitrogen and oxygen atoms in total. The second-order valence-electron chi connectivity index (χ2n) is 5.87. The molecule has 6 heteroatoms. The van der Waals surface area contributed by atoms with Gasteiger partial charge in [-0.15, -0.1) is 0 Å². The third-order valence-electron chi connectivity index (χ3n) is 4.25. The van der Waals surface area contributed by atoms with Crippen molar-refractivity contribution < 1.29 is 8.78 Å². The van der Waals surface area contributed by atoms with Crippen LogP contribution in [-0.4, -0.2) is 32.3 Å². The van der Waals surface area contributed by atoms with Gasteiger partial charge in [-0.3, -0.25) is 4.90 Å². The predicted molar refractivity (Wildman–Crippen MR) is 79.3 cm³/mol. The monoisotopic (exact) mass is 306 g/mol. The summed E-state index contributed by atoms with van der Waals surface area (Å²) in [7, 11) is 0. The maximum atomic E-state index is 13.8. The van der Waals surface area contributed by atoms with Gasteiger partial charge in [0.25, 0.3) is 0 Å². The van der Waals surface area contributed by atoms with Gasteiger partial charge >= 0.3 is 0 Å². The molecule has 2 aromatic rings. The van der Waals surface area contributed by atoms with Gasteiger partial charge in [-0.05, 0) is 39.3 Å².